The summed E-state index contributed by atoms with van der Waals surface area (Å²) in [5, 5.41) is 0. The molecular formula is C13H16O2. The maximum absolute atomic E-state index is 10.9. The molecule has 0 aliphatic heterocycles. The van der Waals surface area contributed by atoms with Gasteiger partial charge in [0, 0.05) is 0 Å². The monoisotopic (exact) mass is 204 g/mol. The predicted molar refractivity (Wildman–Crippen MR) is 61.6 cm³/mol. The van der Waals surface area contributed by atoms with Gasteiger partial charge in [0.2, 0.25) is 0 Å². The summed E-state index contributed by atoms with van der Waals surface area (Å²) in [6, 6.07) is 6.29. The Hall–Kier alpha value is -1.57. The third kappa shape index (κ3) is 3.98. The van der Waals surface area contributed by atoms with Crippen molar-refractivity contribution in [3.05, 3.63) is 41.0 Å². The van der Waals surface area contributed by atoms with E-state index in [9.17, 15) is 4.79 Å². The molecule has 1 aromatic carbocycles. The number of rotatable bonds is 3. The maximum atomic E-state index is 10.9. The molecule has 0 radical (unpaired) electrons. The minimum absolute atomic E-state index is 0.212. The summed E-state index contributed by atoms with van der Waals surface area (Å²) in [5.41, 5.74) is 3.58. The summed E-state index contributed by atoms with van der Waals surface area (Å²) >= 11 is 0. The van der Waals surface area contributed by atoms with Crippen molar-refractivity contribution in [2.24, 2.45) is 0 Å². The Bertz CT molecular complexity index is 358. The van der Waals surface area contributed by atoms with Crippen LogP contribution in [0.15, 0.2) is 24.3 Å². The Labute approximate surface area is 90.6 Å². The fraction of sp³-hybridized carbons (Fsp3) is 0.308. The average molecular weight is 204 g/mol. The van der Waals surface area contributed by atoms with Gasteiger partial charge >= 0.3 is 5.97 Å². The third-order valence-corrected chi connectivity index (χ3v) is 2.07. The van der Waals surface area contributed by atoms with Gasteiger partial charge < -0.3 is 4.74 Å². The highest BCUT2D eigenvalue weighted by atomic mass is 16.5. The van der Waals surface area contributed by atoms with Crippen LogP contribution in [0.5, 0.6) is 0 Å². The average Bonchev–Trinajstić information content (AvgIpc) is 2.16. The lowest BCUT2D eigenvalue weighted by Crippen LogP contribution is -1.96. The summed E-state index contributed by atoms with van der Waals surface area (Å²) in [4.78, 5) is 10.9. The molecule has 0 aromatic heterocycles. The fourth-order valence-electron chi connectivity index (χ4n) is 1.48. The molecule has 0 unspecified atom stereocenters. The predicted octanol–water partition coefficient (Wildman–Crippen LogP) is 2.88. The van der Waals surface area contributed by atoms with E-state index in [1.165, 1.54) is 18.2 Å². The molecule has 0 spiro atoms. The molecule has 0 heterocycles. The van der Waals surface area contributed by atoms with Gasteiger partial charge in [-0.05, 0) is 19.4 Å². The van der Waals surface area contributed by atoms with Crippen molar-refractivity contribution in [3.63, 3.8) is 0 Å². The standard InChI is InChI=1S/C13H16O2/c1-10-7-11(2)9-12(8-10)5-4-6-13(14)15-3/h4-5,7-9H,6H2,1-3H3. The number of benzene rings is 1. The second-order valence-corrected chi connectivity index (χ2v) is 3.60. The van der Waals surface area contributed by atoms with Gasteiger partial charge in [-0.15, -0.1) is 0 Å². The normalized spacial score (nSPS) is 10.6. The first-order chi connectivity index (χ1) is 7.11. The molecule has 1 aromatic rings. The molecule has 0 aliphatic carbocycles. The quantitative estimate of drug-likeness (QED) is 0.708. The van der Waals surface area contributed by atoms with Gasteiger partial charge in [0.1, 0.15) is 0 Å². The van der Waals surface area contributed by atoms with Crippen LogP contribution in [0.1, 0.15) is 23.1 Å². The number of esters is 1. The lowest BCUT2D eigenvalue weighted by Gasteiger charge is -1.99. The molecule has 80 valence electrons. The van der Waals surface area contributed by atoms with Crippen LogP contribution in [0.3, 0.4) is 0 Å². The molecule has 0 saturated heterocycles. The van der Waals surface area contributed by atoms with Gasteiger partial charge in [0.25, 0.3) is 0 Å². The highest BCUT2D eigenvalue weighted by Crippen LogP contribution is 2.10. The Morgan fingerprint density at radius 3 is 2.40 bits per heavy atom. The molecule has 2 heteroatoms. The van der Waals surface area contributed by atoms with Gasteiger partial charge in [-0.3, -0.25) is 4.79 Å². The van der Waals surface area contributed by atoms with Crippen LogP contribution in [0.25, 0.3) is 6.08 Å². The molecule has 0 bridgehead atoms. The highest BCUT2D eigenvalue weighted by Gasteiger charge is 1.95. The number of carbonyl (C=O) groups excluding carboxylic acids is 1. The van der Waals surface area contributed by atoms with Crippen LogP contribution >= 0.6 is 0 Å². The van der Waals surface area contributed by atoms with Gasteiger partial charge in [-0.1, -0.05) is 41.5 Å². The summed E-state index contributed by atoms with van der Waals surface area (Å²) in [5.74, 6) is -0.212. The molecule has 2 nitrogen and oxygen atoms in total. The summed E-state index contributed by atoms with van der Waals surface area (Å²) in [6.07, 6.45) is 4.08. The molecule has 0 fully saturated rings. The summed E-state index contributed by atoms with van der Waals surface area (Å²) < 4.78 is 4.55. The van der Waals surface area contributed by atoms with Crippen molar-refractivity contribution in [1.29, 1.82) is 0 Å². The smallest absolute Gasteiger partial charge is 0.309 e. The van der Waals surface area contributed by atoms with E-state index in [0.717, 1.165) is 5.56 Å². The molecule has 0 atom stereocenters. The minimum Gasteiger partial charge on any atom is -0.469 e. The molecule has 0 saturated carbocycles. The summed E-state index contributed by atoms with van der Waals surface area (Å²) in [7, 11) is 1.40. The number of aryl methyl sites for hydroxylation is 2. The van der Waals surface area contributed by atoms with Gasteiger partial charge in [0.15, 0.2) is 0 Å². The van der Waals surface area contributed by atoms with E-state index in [4.69, 9.17) is 0 Å². The number of ether oxygens (including phenoxy) is 1. The Balaban J connectivity index is 2.68. The SMILES string of the molecule is COC(=O)CC=Cc1cc(C)cc(C)c1. The number of methoxy groups -OCH3 is 1. The van der Waals surface area contributed by atoms with Gasteiger partial charge in [-0.2, -0.15) is 0 Å². The second kappa shape index (κ2) is 5.35. The van der Waals surface area contributed by atoms with Crippen molar-refractivity contribution in [2.75, 3.05) is 7.11 Å². The van der Waals surface area contributed by atoms with Crippen molar-refractivity contribution in [1.82, 2.24) is 0 Å². The zero-order valence-corrected chi connectivity index (χ0v) is 9.41. The molecule has 0 amide bonds. The Morgan fingerprint density at radius 2 is 1.87 bits per heavy atom. The zero-order valence-electron chi connectivity index (χ0n) is 9.41. The largest absolute Gasteiger partial charge is 0.469 e. The Morgan fingerprint density at radius 1 is 1.27 bits per heavy atom. The second-order valence-electron chi connectivity index (χ2n) is 3.60. The van der Waals surface area contributed by atoms with Crippen LogP contribution in [0.4, 0.5) is 0 Å². The lowest BCUT2D eigenvalue weighted by atomic mass is 10.1. The topological polar surface area (TPSA) is 26.3 Å². The van der Waals surface area contributed by atoms with Crippen LogP contribution in [-0.4, -0.2) is 13.1 Å². The third-order valence-electron chi connectivity index (χ3n) is 2.07. The van der Waals surface area contributed by atoms with Crippen molar-refractivity contribution >= 4 is 12.0 Å². The van der Waals surface area contributed by atoms with Crippen LogP contribution in [-0.2, 0) is 9.53 Å². The molecule has 15 heavy (non-hydrogen) atoms. The first-order valence-corrected chi connectivity index (χ1v) is 4.93. The Kier molecular flexibility index (Phi) is 4.10. The first-order valence-electron chi connectivity index (χ1n) is 4.93. The molecule has 0 N–H and O–H groups in total. The van der Waals surface area contributed by atoms with E-state index >= 15 is 0 Å². The van der Waals surface area contributed by atoms with E-state index in [-0.39, 0.29) is 5.97 Å². The van der Waals surface area contributed by atoms with Crippen LogP contribution < -0.4 is 0 Å². The number of carbonyl (C=O) groups is 1. The van der Waals surface area contributed by atoms with E-state index < -0.39 is 0 Å². The summed E-state index contributed by atoms with van der Waals surface area (Å²) in [6.45, 7) is 4.12. The highest BCUT2D eigenvalue weighted by molar-refractivity contribution is 5.72. The van der Waals surface area contributed by atoms with E-state index in [2.05, 4.69) is 36.8 Å². The van der Waals surface area contributed by atoms with Gasteiger partial charge in [-0.25, -0.2) is 0 Å². The number of hydrogen-bond acceptors (Lipinski definition) is 2. The lowest BCUT2D eigenvalue weighted by molar-refractivity contribution is -0.139. The van der Waals surface area contributed by atoms with Crippen molar-refractivity contribution in [3.8, 4) is 0 Å². The fourth-order valence-corrected chi connectivity index (χ4v) is 1.48. The van der Waals surface area contributed by atoms with Gasteiger partial charge in [0.05, 0.1) is 13.5 Å². The first kappa shape index (κ1) is 11.5. The van der Waals surface area contributed by atoms with Crippen LogP contribution in [0, 0.1) is 13.8 Å². The van der Waals surface area contributed by atoms with Crippen molar-refractivity contribution in [2.45, 2.75) is 20.3 Å². The zero-order chi connectivity index (χ0) is 11.3. The number of hydrogen-bond donors (Lipinski definition) is 0. The molecular weight excluding hydrogens is 188 g/mol. The van der Waals surface area contributed by atoms with Crippen molar-refractivity contribution < 1.29 is 9.53 Å². The maximum Gasteiger partial charge on any atom is 0.309 e. The van der Waals surface area contributed by atoms with E-state index in [1.807, 2.05) is 12.2 Å². The van der Waals surface area contributed by atoms with Crippen LogP contribution in [0.2, 0.25) is 0 Å². The molecule has 1 rings (SSSR count). The molecule has 0 aliphatic rings. The minimum atomic E-state index is -0.212. The van der Waals surface area contributed by atoms with E-state index in [1.54, 1.807) is 0 Å². The van der Waals surface area contributed by atoms with E-state index in [0.29, 0.717) is 6.42 Å².